The molecule has 0 radical (unpaired) electrons. The van der Waals surface area contributed by atoms with E-state index in [0.717, 1.165) is 11.1 Å². The number of alkyl halides is 2. The predicted octanol–water partition coefficient (Wildman–Crippen LogP) is 3.51. The molecule has 0 saturated carbocycles. The van der Waals surface area contributed by atoms with Gasteiger partial charge in [-0.25, -0.2) is 0 Å². The van der Waals surface area contributed by atoms with Crippen LogP contribution in [0.25, 0.3) is 0 Å². The molecule has 0 aliphatic heterocycles. The highest BCUT2D eigenvalue weighted by atomic mass is 79.9. The van der Waals surface area contributed by atoms with Gasteiger partial charge in [0.2, 0.25) is 11.5 Å². The van der Waals surface area contributed by atoms with Crippen LogP contribution in [-0.2, 0) is 10.7 Å². The molecule has 0 aliphatic rings. The van der Waals surface area contributed by atoms with Crippen molar-refractivity contribution >= 4 is 31.9 Å². The van der Waals surface area contributed by atoms with Crippen molar-refractivity contribution in [3.63, 3.8) is 0 Å². The van der Waals surface area contributed by atoms with Crippen LogP contribution in [0.3, 0.4) is 0 Å². The van der Waals surface area contributed by atoms with Crippen molar-refractivity contribution < 1.29 is 18.9 Å². The van der Waals surface area contributed by atoms with Crippen LogP contribution in [0.2, 0.25) is 0 Å². The maximum atomic E-state index is 5.43. The Kier molecular flexibility index (Phi) is 6.08. The van der Waals surface area contributed by atoms with Crippen LogP contribution in [0.5, 0.6) is 23.0 Å². The van der Waals surface area contributed by atoms with Crippen molar-refractivity contribution in [2.24, 2.45) is 0 Å². The SMILES string of the molecule is COc1c(CBr)c(CBr)c(OC)c(OC)c1OC. The first kappa shape index (κ1) is 15.4. The monoisotopic (exact) mass is 382 g/mol. The van der Waals surface area contributed by atoms with E-state index in [1.165, 1.54) is 0 Å². The lowest BCUT2D eigenvalue weighted by atomic mass is 10.1. The summed E-state index contributed by atoms with van der Waals surface area (Å²) < 4.78 is 21.6. The molecule has 18 heavy (non-hydrogen) atoms. The highest BCUT2D eigenvalue weighted by molar-refractivity contribution is 9.09. The zero-order chi connectivity index (χ0) is 13.7. The molecule has 0 amide bonds. The molecule has 1 rings (SSSR count). The molecule has 0 heterocycles. The summed E-state index contributed by atoms with van der Waals surface area (Å²) in [5, 5.41) is 1.27. The number of rotatable bonds is 6. The summed E-state index contributed by atoms with van der Waals surface area (Å²) in [6, 6.07) is 0. The molecule has 0 atom stereocenters. The molecule has 1 aromatic carbocycles. The summed E-state index contributed by atoms with van der Waals surface area (Å²) in [6.45, 7) is 0. The predicted molar refractivity (Wildman–Crippen MR) is 77.9 cm³/mol. The summed E-state index contributed by atoms with van der Waals surface area (Å²) in [6.07, 6.45) is 0. The van der Waals surface area contributed by atoms with Gasteiger partial charge in [-0.2, -0.15) is 0 Å². The molecule has 0 aromatic heterocycles. The minimum atomic E-state index is 0.538. The molecule has 0 fully saturated rings. The van der Waals surface area contributed by atoms with Crippen LogP contribution in [0.15, 0.2) is 0 Å². The molecule has 0 unspecified atom stereocenters. The molecule has 0 N–H and O–H groups in total. The number of hydrogen-bond donors (Lipinski definition) is 0. The van der Waals surface area contributed by atoms with Crippen molar-refractivity contribution in [1.29, 1.82) is 0 Å². The molecule has 0 saturated heterocycles. The minimum Gasteiger partial charge on any atom is -0.492 e. The fourth-order valence-electron chi connectivity index (χ4n) is 1.84. The van der Waals surface area contributed by atoms with Gasteiger partial charge in [-0.15, -0.1) is 0 Å². The second-order valence-corrected chi connectivity index (χ2v) is 4.48. The standard InChI is InChI=1S/C12H16Br2O4/c1-15-9-7(5-13)8(6-14)10(16-2)12(18-4)11(9)17-3/h5-6H2,1-4H3. The van der Waals surface area contributed by atoms with E-state index in [1.54, 1.807) is 28.4 Å². The Balaban J connectivity index is 3.71. The Morgan fingerprint density at radius 1 is 0.611 bits per heavy atom. The second-order valence-electron chi connectivity index (χ2n) is 3.36. The average molecular weight is 384 g/mol. The fraction of sp³-hybridized carbons (Fsp3) is 0.500. The van der Waals surface area contributed by atoms with E-state index in [1.807, 2.05) is 0 Å². The van der Waals surface area contributed by atoms with Crippen LogP contribution < -0.4 is 18.9 Å². The first-order valence-corrected chi connectivity index (χ1v) is 7.43. The van der Waals surface area contributed by atoms with Crippen LogP contribution in [0, 0.1) is 0 Å². The molecular formula is C12H16Br2O4. The third-order valence-corrected chi connectivity index (χ3v) is 3.74. The topological polar surface area (TPSA) is 36.9 Å². The Morgan fingerprint density at radius 3 is 1.06 bits per heavy atom. The van der Waals surface area contributed by atoms with E-state index in [2.05, 4.69) is 31.9 Å². The van der Waals surface area contributed by atoms with Gasteiger partial charge in [0, 0.05) is 21.8 Å². The Morgan fingerprint density at radius 2 is 0.889 bits per heavy atom. The minimum absolute atomic E-state index is 0.538. The van der Waals surface area contributed by atoms with Crippen LogP contribution >= 0.6 is 31.9 Å². The highest BCUT2D eigenvalue weighted by Crippen LogP contribution is 2.50. The van der Waals surface area contributed by atoms with Crippen molar-refractivity contribution in [2.75, 3.05) is 28.4 Å². The first-order valence-electron chi connectivity index (χ1n) is 5.19. The van der Waals surface area contributed by atoms with Gasteiger partial charge in [0.05, 0.1) is 28.4 Å². The van der Waals surface area contributed by atoms with E-state index < -0.39 is 0 Å². The zero-order valence-electron chi connectivity index (χ0n) is 10.8. The molecule has 102 valence electrons. The summed E-state index contributed by atoms with van der Waals surface area (Å²) in [4.78, 5) is 0. The highest BCUT2D eigenvalue weighted by Gasteiger charge is 2.25. The Bertz CT molecular complexity index is 301. The number of methoxy groups -OCH3 is 4. The molecule has 0 spiro atoms. The Hall–Kier alpha value is -0.620. The van der Waals surface area contributed by atoms with Crippen LogP contribution in [0.1, 0.15) is 11.1 Å². The van der Waals surface area contributed by atoms with Crippen molar-refractivity contribution in [3.05, 3.63) is 11.1 Å². The van der Waals surface area contributed by atoms with Crippen LogP contribution in [0.4, 0.5) is 0 Å². The van der Waals surface area contributed by atoms with Gasteiger partial charge in [-0.05, 0) is 0 Å². The number of hydrogen-bond acceptors (Lipinski definition) is 4. The summed E-state index contributed by atoms with van der Waals surface area (Å²) in [7, 11) is 6.36. The fourth-order valence-corrected chi connectivity index (χ4v) is 3.03. The number of benzene rings is 1. The molecule has 0 bridgehead atoms. The number of ether oxygens (including phenoxy) is 4. The van der Waals surface area contributed by atoms with Crippen LogP contribution in [-0.4, -0.2) is 28.4 Å². The van der Waals surface area contributed by atoms with Gasteiger partial charge >= 0.3 is 0 Å². The second kappa shape index (κ2) is 7.09. The molecule has 0 aliphatic carbocycles. The molecular weight excluding hydrogens is 368 g/mol. The van der Waals surface area contributed by atoms with Crippen molar-refractivity contribution in [3.8, 4) is 23.0 Å². The van der Waals surface area contributed by atoms with Crippen molar-refractivity contribution in [1.82, 2.24) is 0 Å². The van der Waals surface area contributed by atoms with Gasteiger partial charge in [-0.1, -0.05) is 31.9 Å². The molecule has 6 heteroatoms. The smallest absolute Gasteiger partial charge is 0.207 e. The third kappa shape index (κ3) is 2.54. The zero-order valence-corrected chi connectivity index (χ0v) is 14.0. The molecule has 4 nitrogen and oxygen atoms in total. The maximum Gasteiger partial charge on any atom is 0.207 e. The third-order valence-electron chi connectivity index (χ3n) is 2.61. The lowest BCUT2D eigenvalue weighted by molar-refractivity contribution is 0.303. The van der Waals surface area contributed by atoms with Gasteiger partial charge in [0.15, 0.2) is 11.5 Å². The van der Waals surface area contributed by atoms with Gasteiger partial charge in [0.1, 0.15) is 0 Å². The van der Waals surface area contributed by atoms with Crippen molar-refractivity contribution in [2.45, 2.75) is 10.7 Å². The van der Waals surface area contributed by atoms with E-state index in [9.17, 15) is 0 Å². The first-order chi connectivity index (χ1) is 8.69. The largest absolute Gasteiger partial charge is 0.492 e. The van der Waals surface area contributed by atoms with E-state index in [4.69, 9.17) is 18.9 Å². The summed E-state index contributed by atoms with van der Waals surface area (Å²) in [5.74, 6) is 2.38. The van der Waals surface area contributed by atoms with Gasteiger partial charge < -0.3 is 18.9 Å². The van der Waals surface area contributed by atoms with E-state index in [0.29, 0.717) is 33.7 Å². The maximum absolute atomic E-state index is 5.43. The normalized spacial score (nSPS) is 10.1. The summed E-state index contributed by atoms with van der Waals surface area (Å²) in [5.41, 5.74) is 1.95. The Labute approximate surface area is 124 Å². The van der Waals surface area contributed by atoms with Gasteiger partial charge in [0.25, 0.3) is 0 Å². The van der Waals surface area contributed by atoms with E-state index >= 15 is 0 Å². The lowest BCUT2D eigenvalue weighted by Crippen LogP contribution is -2.04. The number of halogens is 2. The molecule has 1 aromatic rings. The summed E-state index contributed by atoms with van der Waals surface area (Å²) >= 11 is 6.92. The van der Waals surface area contributed by atoms with Gasteiger partial charge in [-0.3, -0.25) is 0 Å². The quantitative estimate of drug-likeness (QED) is 0.704. The lowest BCUT2D eigenvalue weighted by Gasteiger charge is -2.21. The average Bonchev–Trinajstić information content (AvgIpc) is 2.43. The van der Waals surface area contributed by atoms with E-state index in [-0.39, 0.29) is 0 Å².